The van der Waals surface area contributed by atoms with Crippen molar-refractivity contribution in [2.75, 3.05) is 12.3 Å². The Labute approximate surface area is 174 Å². The lowest BCUT2D eigenvalue weighted by Crippen LogP contribution is -2.38. The molecule has 150 valence electrons. The summed E-state index contributed by atoms with van der Waals surface area (Å²) in [6.07, 6.45) is 5.86. The lowest BCUT2D eigenvalue weighted by molar-refractivity contribution is -0.129. The zero-order chi connectivity index (χ0) is 19.5. The number of thioether (sulfide) groups is 1. The Kier molecular flexibility index (Phi) is 4.40. The van der Waals surface area contributed by atoms with Crippen molar-refractivity contribution in [1.29, 1.82) is 0 Å². The highest BCUT2D eigenvalue weighted by Crippen LogP contribution is 2.52. The van der Waals surface area contributed by atoms with Gasteiger partial charge in [0.15, 0.2) is 11.0 Å². The quantitative estimate of drug-likeness (QED) is 0.653. The summed E-state index contributed by atoms with van der Waals surface area (Å²) >= 11 is 3.26. The van der Waals surface area contributed by atoms with Crippen LogP contribution in [-0.2, 0) is 4.79 Å². The van der Waals surface area contributed by atoms with Crippen LogP contribution in [-0.4, -0.2) is 43.9 Å². The number of likely N-dealkylation sites (tertiary alicyclic amines) is 1. The highest BCUT2D eigenvalue weighted by Gasteiger charge is 2.50. The molecule has 0 radical (unpaired) electrons. The van der Waals surface area contributed by atoms with Gasteiger partial charge in [-0.25, -0.2) is 0 Å². The average Bonchev–Trinajstić information content (AvgIpc) is 3.04. The highest BCUT2D eigenvalue weighted by molar-refractivity contribution is 7.99. The van der Waals surface area contributed by atoms with E-state index in [-0.39, 0.29) is 11.3 Å². The molecule has 0 spiro atoms. The van der Waals surface area contributed by atoms with E-state index in [0.29, 0.717) is 23.3 Å². The van der Waals surface area contributed by atoms with Gasteiger partial charge in [0.05, 0.1) is 10.6 Å². The van der Waals surface area contributed by atoms with Crippen molar-refractivity contribution in [2.45, 2.75) is 70.1 Å². The number of thiophene rings is 1. The number of carbonyl (C=O) groups excluding carboxylic acids is 1. The SMILES string of the molecule is CC1(C)C[C@@H]2C[C@@](C)(CN2C(=O)CSc2nnc(-c3cccs3)n2C2CC2)C1. The molecule has 5 rings (SSSR count). The molecule has 3 aliphatic rings. The molecule has 2 aromatic heterocycles. The van der Waals surface area contributed by atoms with Gasteiger partial charge in [-0.3, -0.25) is 9.36 Å². The van der Waals surface area contributed by atoms with E-state index < -0.39 is 0 Å². The van der Waals surface area contributed by atoms with Gasteiger partial charge in [0.25, 0.3) is 0 Å². The summed E-state index contributed by atoms with van der Waals surface area (Å²) in [4.78, 5) is 16.4. The van der Waals surface area contributed by atoms with E-state index in [0.717, 1.165) is 35.2 Å². The van der Waals surface area contributed by atoms with Crippen LogP contribution in [0.2, 0.25) is 0 Å². The third-order valence-electron chi connectivity index (χ3n) is 6.38. The fourth-order valence-electron chi connectivity index (χ4n) is 5.57. The van der Waals surface area contributed by atoms with Crippen molar-refractivity contribution in [2.24, 2.45) is 10.8 Å². The number of hydrogen-bond acceptors (Lipinski definition) is 5. The number of rotatable bonds is 5. The maximum atomic E-state index is 13.1. The molecule has 1 amide bonds. The molecule has 0 unspecified atom stereocenters. The van der Waals surface area contributed by atoms with E-state index in [4.69, 9.17) is 0 Å². The maximum Gasteiger partial charge on any atom is 0.233 e. The summed E-state index contributed by atoms with van der Waals surface area (Å²) in [5, 5.41) is 11.9. The lowest BCUT2D eigenvalue weighted by atomic mass is 9.65. The molecule has 28 heavy (non-hydrogen) atoms. The number of nitrogens with zero attached hydrogens (tertiary/aromatic N) is 4. The molecular formula is C21H28N4OS2. The standard InChI is InChI=1S/C21H28N4OS2/c1-20(2)9-15-10-21(3,12-20)13-24(15)17(26)11-28-19-23-22-18(16-5-4-8-27-16)25(19)14-6-7-14/h4-5,8,14-15H,6-7,9-13H2,1-3H3/t15-,21-/m1/s1. The Morgan fingerprint density at radius 1 is 1.25 bits per heavy atom. The molecule has 1 aliphatic heterocycles. The molecule has 0 N–H and O–H groups in total. The Hall–Kier alpha value is -1.34. The van der Waals surface area contributed by atoms with Crippen LogP contribution < -0.4 is 0 Å². The second-order valence-corrected chi connectivity index (χ2v) is 11.8. The zero-order valence-electron chi connectivity index (χ0n) is 16.9. The van der Waals surface area contributed by atoms with Gasteiger partial charge < -0.3 is 4.90 Å². The second-order valence-electron chi connectivity index (χ2n) is 9.91. The van der Waals surface area contributed by atoms with Gasteiger partial charge in [0, 0.05) is 18.6 Å². The molecule has 2 bridgehead atoms. The van der Waals surface area contributed by atoms with Crippen molar-refractivity contribution in [1.82, 2.24) is 19.7 Å². The minimum Gasteiger partial charge on any atom is -0.338 e. The maximum absolute atomic E-state index is 13.1. The smallest absolute Gasteiger partial charge is 0.233 e. The van der Waals surface area contributed by atoms with Gasteiger partial charge in [-0.15, -0.1) is 21.5 Å². The highest BCUT2D eigenvalue weighted by atomic mass is 32.2. The molecule has 5 nitrogen and oxygen atoms in total. The van der Waals surface area contributed by atoms with Gasteiger partial charge in [-0.1, -0.05) is 38.6 Å². The van der Waals surface area contributed by atoms with Crippen LogP contribution in [0.5, 0.6) is 0 Å². The van der Waals surface area contributed by atoms with Crippen LogP contribution in [0.25, 0.3) is 10.7 Å². The van der Waals surface area contributed by atoms with E-state index in [2.05, 4.69) is 57.9 Å². The molecule has 7 heteroatoms. The summed E-state index contributed by atoms with van der Waals surface area (Å²) < 4.78 is 2.26. The Morgan fingerprint density at radius 2 is 2.07 bits per heavy atom. The van der Waals surface area contributed by atoms with Crippen LogP contribution in [0.3, 0.4) is 0 Å². The monoisotopic (exact) mass is 416 g/mol. The van der Waals surface area contributed by atoms with Crippen molar-refractivity contribution < 1.29 is 4.79 Å². The summed E-state index contributed by atoms with van der Waals surface area (Å²) in [6, 6.07) is 5.05. The van der Waals surface area contributed by atoms with Crippen LogP contribution >= 0.6 is 23.1 Å². The molecule has 2 aliphatic carbocycles. The molecule has 2 atom stereocenters. The van der Waals surface area contributed by atoms with E-state index in [1.807, 2.05) is 0 Å². The van der Waals surface area contributed by atoms with E-state index in [1.54, 1.807) is 23.1 Å². The van der Waals surface area contributed by atoms with Crippen molar-refractivity contribution >= 4 is 29.0 Å². The second kappa shape index (κ2) is 6.59. The predicted octanol–water partition coefficient (Wildman–Crippen LogP) is 4.86. The van der Waals surface area contributed by atoms with Crippen LogP contribution in [0.1, 0.15) is 58.9 Å². The van der Waals surface area contributed by atoms with E-state index >= 15 is 0 Å². The van der Waals surface area contributed by atoms with Crippen LogP contribution in [0.15, 0.2) is 22.7 Å². The van der Waals surface area contributed by atoms with E-state index in [1.165, 1.54) is 19.3 Å². The molecule has 0 aromatic carbocycles. The van der Waals surface area contributed by atoms with Gasteiger partial charge in [-0.05, 0) is 54.4 Å². The molecular weight excluding hydrogens is 388 g/mol. The molecule has 2 saturated carbocycles. The van der Waals surface area contributed by atoms with Crippen molar-refractivity contribution in [3.63, 3.8) is 0 Å². The van der Waals surface area contributed by atoms with Crippen molar-refractivity contribution in [3.8, 4) is 10.7 Å². The first-order valence-corrected chi connectivity index (χ1v) is 12.1. The Morgan fingerprint density at radius 3 is 2.79 bits per heavy atom. The van der Waals surface area contributed by atoms with Gasteiger partial charge in [-0.2, -0.15) is 0 Å². The lowest BCUT2D eigenvalue weighted by Gasteiger charge is -2.39. The number of fused-ring (bicyclic) bond motifs is 2. The number of hydrogen-bond donors (Lipinski definition) is 0. The zero-order valence-corrected chi connectivity index (χ0v) is 18.5. The molecule has 1 saturated heterocycles. The number of aromatic nitrogens is 3. The molecule has 3 fully saturated rings. The summed E-state index contributed by atoms with van der Waals surface area (Å²) in [5.74, 6) is 1.68. The topological polar surface area (TPSA) is 51.0 Å². The predicted molar refractivity (Wildman–Crippen MR) is 114 cm³/mol. The van der Waals surface area contributed by atoms with Crippen LogP contribution in [0, 0.1) is 10.8 Å². The summed E-state index contributed by atoms with van der Waals surface area (Å²) in [6.45, 7) is 7.98. The molecule has 2 aromatic rings. The average molecular weight is 417 g/mol. The summed E-state index contributed by atoms with van der Waals surface area (Å²) in [5.41, 5.74) is 0.620. The van der Waals surface area contributed by atoms with Crippen LogP contribution in [0.4, 0.5) is 0 Å². The third kappa shape index (κ3) is 3.41. The first-order chi connectivity index (χ1) is 13.3. The largest absolute Gasteiger partial charge is 0.338 e. The van der Waals surface area contributed by atoms with Gasteiger partial charge in [0.1, 0.15) is 0 Å². The van der Waals surface area contributed by atoms with Crippen molar-refractivity contribution in [3.05, 3.63) is 17.5 Å². The summed E-state index contributed by atoms with van der Waals surface area (Å²) in [7, 11) is 0. The fraction of sp³-hybridized carbons (Fsp3) is 0.667. The number of amides is 1. The van der Waals surface area contributed by atoms with Gasteiger partial charge in [0.2, 0.25) is 5.91 Å². The minimum absolute atomic E-state index is 0.263. The fourth-order valence-corrected chi connectivity index (χ4v) is 7.17. The Balaban J connectivity index is 1.30. The van der Waals surface area contributed by atoms with E-state index in [9.17, 15) is 4.79 Å². The third-order valence-corrected chi connectivity index (χ3v) is 8.17. The normalized spacial score (nSPS) is 28.7. The molecule has 3 heterocycles. The first kappa shape index (κ1) is 18.7. The number of carbonyl (C=O) groups is 1. The van der Waals surface area contributed by atoms with Gasteiger partial charge >= 0.3 is 0 Å². The Bertz CT molecular complexity index is 886. The minimum atomic E-state index is 0.263. The first-order valence-electron chi connectivity index (χ1n) is 10.2.